The van der Waals surface area contributed by atoms with Gasteiger partial charge in [0.15, 0.2) is 0 Å². The van der Waals surface area contributed by atoms with E-state index in [1.807, 2.05) is 32.4 Å². The molecule has 1 saturated heterocycles. The number of piperazine rings is 1. The second-order valence-electron chi connectivity index (χ2n) is 8.65. The summed E-state index contributed by atoms with van der Waals surface area (Å²) >= 11 is 0. The molecular weight excluding hydrogens is 400 g/mol. The molecule has 4 aromatic heterocycles. The van der Waals surface area contributed by atoms with Crippen molar-refractivity contribution in [1.82, 2.24) is 34.6 Å². The van der Waals surface area contributed by atoms with Crippen LogP contribution in [-0.4, -0.2) is 67.8 Å². The van der Waals surface area contributed by atoms with Crippen LogP contribution in [0.4, 0.5) is 5.82 Å². The number of pyridine rings is 1. The fraction of sp³-hybridized carbons (Fsp3) is 0.292. The number of hydrogen-bond acceptors (Lipinski definition) is 5. The predicted octanol–water partition coefficient (Wildman–Crippen LogP) is 3.57. The summed E-state index contributed by atoms with van der Waals surface area (Å²) in [6, 6.07) is 10.6. The molecule has 1 aromatic carbocycles. The van der Waals surface area contributed by atoms with E-state index in [1.54, 1.807) is 0 Å². The van der Waals surface area contributed by atoms with Crippen LogP contribution < -0.4 is 4.90 Å². The Kier molecular flexibility index (Phi) is 4.29. The molecule has 6 rings (SSSR count). The zero-order valence-electron chi connectivity index (χ0n) is 18.6. The van der Waals surface area contributed by atoms with Gasteiger partial charge in [0.1, 0.15) is 17.3 Å². The van der Waals surface area contributed by atoms with E-state index < -0.39 is 0 Å². The minimum atomic E-state index is 0.918. The van der Waals surface area contributed by atoms with Crippen LogP contribution in [0.15, 0.2) is 42.7 Å². The maximum Gasteiger partial charge on any atom is 0.138 e. The summed E-state index contributed by atoms with van der Waals surface area (Å²) in [5.74, 6) is 2.04. The van der Waals surface area contributed by atoms with Crippen LogP contribution in [-0.2, 0) is 7.05 Å². The Balaban J connectivity index is 1.45. The highest BCUT2D eigenvalue weighted by atomic mass is 15.3. The van der Waals surface area contributed by atoms with Crippen molar-refractivity contribution in [3.05, 3.63) is 48.5 Å². The van der Waals surface area contributed by atoms with Gasteiger partial charge >= 0.3 is 0 Å². The Morgan fingerprint density at radius 2 is 1.75 bits per heavy atom. The number of fused-ring (bicyclic) bond motifs is 2. The molecule has 2 N–H and O–H groups in total. The summed E-state index contributed by atoms with van der Waals surface area (Å²) < 4.78 is 2.11. The molecule has 1 aliphatic heterocycles. The Bertz CT molecular complexity index is 1430. The molecule has 1 fully saturated rings. The van der Waals surface area contributed by atoms with Gasteiger partial charge in [-0.25, -0.2) is 9.97 Å². The predicted molar refractivity (Wildman–Crippen MR) is 128 cm³/mol. The average Bonchev–Trinajstić information content (AvgIpc) is 3.50. The fourth-order valence-electron chi connectivity index (χ4n) is 4.59. The van der Waals surface area contributed by atoms with Crippen LogP contribution in [0, 0.1) is 6.92 Å². The molecule has 0 amide bonds. The van der Waals surface area contributed by atoms with Crippen molar-refractivity contribution in [2.45, 2.75) is 6.92 Å². The van der Waals surface area contributed by atoms with Crippen molar-refractivity contribution < 1.29 is 0 Å². The molecule has 1 aliphatic rings. The zero-order valence-corrected chi connectivity index (χ0v) is 18.6. The lowest BCUT2D eigenvalue weighted by atomic mass is 10.1. The summed E-state index contributed by atoms with van der Waals surface area (Å²) in [7, 11) is 4.21. The van der Waals surface area contributed by atoms with Gasteiger partial charge in [-0.2, -0.15) is 5.10 Å². The first-order chi connectivity index (χ1) is 15.6. The smallest absolute Gasteiger partial charge is 0.138 e. The summed E-state index contributed by atoms with van der Waals surface area (Å²) in [5.41, 5.74) is 6.22. The topological polar surface area (TPSA) is 81.7 Å². The van der Waals surface area contributed by atoms with Gasteiger partial charge < -0.3 is 19.4 Å². The van der Waals surface area contributed by atoms with E-state index in [2.05, 4.69) is 65.8 Å². The lowest BCUT2D eigenvalue weighted by Gasteiger charge is -2.33. The molecule has 8 heteroatoms. The van der Waals surface area contributed by atoms with Crippen LogP contribution >= 0.6 is 0 Å². The number of aryl methyl sites for hydroxylation is 1. The highest BCUT2D eigenvalue weighted by molar-refractivity contribution is 6.00. The van der Waals surface area contributed by atoms with E-state index >= 15 is 0 Å². The van der Waals surface area contributed by atoms with Crippen molar-refractivity contribution >= 4 is 27.6 Å². The molecular formula is C24H26N8. The molecule has 5 aromatic rings. The van der Waals surface area contributed by atoms with Gasteiger partial charge in [-0.05, 0) is 38.2 Å². The summed E-state index contributed by atoms with van der Waals surface area (Å²) in [6.45, 7) is 6.09. The quantitative estimate of drug-likeness (QED) is 0.461. The largest absolute Gasteiger partial charge is 0.353 e. The molecule has 0 radical (unpaired) electrons. The molecule has 0 saturated carbocycles. The lowest BCUT2D eigenvalue weighted by molar-refractivity contribution is 0.312. The van der Waals surface area contributed by atoms with Crippen molar-refractivity contribution in [1.29, 1.82) is 0 Å². The van der Waals surface area contributed by atoms with E-state index in [9.17, 15) is 0 Å². The number of H-pyrrole nitrogens is 2. The maximum absolute atomic E-state index is 4.73. The second kappa shape index (κ2) is 7.20. The number of anilines is 1. The van der Waals surface area contributed by atoms with Crippen molar-refractivity contribution in [3.63, 3.8) is 0 Å². The molecule has 0 atom stereocenters. The lowest BCUT2D eigenvalue weighted by Crippen LogP contribution is -2.44. The van der Waals surface area contributed by atoms with Crippen LogP contribution in [0.1, 0.15) is 5.82 Å². The SMILES string of the molecule is Cc1ncc(-c2ccc3[nH]nc(-c4cc5c(N6CCN(C)CC6)nccc5[nH]4)c3c2)n1C. The zero-order chi connectivity index (χ0) is 21.8. The highest BCUT2D eigenvalue weighted by Gasteiger charge is 2.20. The number of aromatic amines is 2. The van der Waals surface area contributed by atoms with E-state index in [0.717, 1.165) is 82.3 Å². The first kappa shape index (κ1) is 19.1. The van der Waals surface area contributed by atoms with Gasteiger partial charge in [0.25, 0.3) is 0 Å². The summed E-state index contributed by atoms with van der Waals surface area (Å²) in [4.78, 5) is 17.5. The van der Waals surface area contributed by atoms with E-state index in [0.29, 0.717) is 0 Å². The van der Waals surface area contributed by atoms with Crippen LogP contribution in [0.5, 0.6) is 0 Å². The molecule has 162 valence electrons. The van der Waals surface area contributed by atoms with E-state index in [-0.39, 0.29) is 0 Å². The first-order valence-corrected chi connectivity index (χ1v) is 11.0. The molecule has 0 aliphatic carbocycles. The van der Waals surface area contributed by atoms with Gasteiger partial charge in [-0.15, -0.1) is 0 Å². The standard InChI is InChI=1S/C24H26N8/c1-15-26-14-22(31(15)3)16-4-5-20-17(12-16)23(29-28-20)21-13-18-19(27-21)6-7-25-24(18)32-10-8-30(2)9-11-32/h4-7,12-14,27H,8-11H2,1-3H3,(H,28,29). The molecule has 0 bridgehead atoms. The third-order valence-corrected chi connectivity index (χ3v) is 6.66. The normalized spacial score (nSPS) is 15.3. The van der Waals surface area contributed by atoms with Crippen molar-refractivity contribution in [3.8, 4) is 22.6 Å². The van der Waals surface area contributed by atoms with Crippen LogP contribution in [0.2, 0.25) is 0 Å². The Morgan fingerprint density at radius 1 is 0.906 bits per heavy atom. The minimum absolute atomic E-state index is 0.918. The third kappa shape index (κ3) is 2.98. The van der Waals surface area contributed by atoms with Crippen LogP contribution in [0.25, 0.3) is 44.5 Å². The average molecular weight is 427 g/mol. The number of aromatic nitrogens is 6. The number of nitrogens with zero attached hydrogens (tertiary/aromatic N) is 6. The second-order valence-corrected chi connectivity index (χ2v) is 8.65. The number of nitrogens with one attached hydrogen (secondary N) is 2. The number of rotatable bonds is 3. The molecule has 0 unspecified atom stereocenters. The van der Waals surface area contributed by atoms with Gasteiger partial charge in [0.05, 0.1) is 28.6 Å². The van der Waals surface area contributed by atoms with E-state index in [1.165, 1.54) is 0 Å². The van der Waals surface area contributed by atoms with Gasteiger partial charge in [-0.3, -0.25) is 5.10 Å². The number of likely N-dealkylation sites (N-methyl/N-ethyl adjacent to an activating group) is 1. The Morgan fingerprint density at radius 3 is 2.53 bits per heavy atom. The number of hydrogen-bond donors (Lipinski definition) is 2. The van der Waals surface area contributed by atoms with Crippen molar-refractivity contribution in [2.24, 2.45) is 7.05 Å². The first-order valence-electron chi connectivity index (χ1n) is 11.0. The summed E-state index contributed by atoms with van der Waals surface area (Å²) in [6.07, 6.45) is 3.81. The molecule has 0 spiro atoms. The molecule has 5 heterocycles. The van der Waals surface area contributed by atoms with Gasteiger partial charge in [0, 0.05) is 55.8 Å². The molecule has 32 heavy (non-hydrogen) atoms. The summed E-state index contributed by atoms with van der Waals surface area (Å²) in [5, 5.41) is 10.1. The highest BCUT2D eigenvalue weighted by Crippen LogP contribution is 2.34. The number of imidazole rings is 1. The third-order valence-electron chi connectivity index (χ3n) is 6.66. The molecule has 8 nitrogen and oxygen atoms in total. The van der Waals surface area contributed by atoms with Crippen LogP contribution in [0.3, 0.4) is 0 Å². The minimum Gasteiger partial charge on any atom is -0.353 e. The monoisotopic (exact) mass is 426 g/mol. The van der Waals surface area contributed by atoms with Crippen molar-refractivity contribution in [2.75, 3.05) is 38.1 Å². The Hall–Kier alpha value is -3.65. The number of benzene rings is 1. The Labute approximate surface area is 185 Å². The van der Waals surface area contributed by atoms with E-state index in [4.69, 9.17) is 4.98 Å². The fourth-order valence-corrected chi connectivity index (χ4v) is 4.59. The maximum atomic E-state index is 4.73. The van der Waals surface area contributed by atoms with Gasteiger partial charge in [0.2, 0.25) is 0 Å². The van der Waals surface area contributed by atoms with Gasteiger partial charge in [-0.1, -0.05) is 6.07 Å².